The number of nitrogens with zero attached hydrogens (tertiary/aromatic N) is 1. The predicted octanol–water partition coefficient (Wildman–Crippen LogP) is -0.150. The minimum absolute atomic E-state index is 0.0183. The highest BCUT2D eigenvalue weighted by Crippen LogP contribution is 2.03. The highest BCUT2D eigenvalue weighted by Gasteiger charge is 2.24. The molecule has 0 bridgehead atoms. The molecule has 1 atom stereocenters. The number of imide groups is 1. The molecule has 1 rings (SSSR count). The fourth-order valence-corrected chi connectivity index (χ4v) is 2.77. The SMILES string of the molecule is CC(C)C(NC(=O)CCOCCOCCOCCN1C(=O)C=CC1=O)C(=O)NCC(=O)F.CCCCN. The number of nitrogens with one attached hydrogen (secondary N) is 2. The van der Waals surface area contributed by atoms with Crippen molar-refractivity contribution in [3.63, 3.8) is 0 Å². The Hall–Kier alpha value is -2.74. The maximum atomic E-state index is 12.2. The summed E-state index contributed by atoms with van der Waals surface area (Å²) in [4.78, 5) is 58.0. The van der Waals surface area contributed by atoms with E-state index < -0.39 is 30.4 Å². The van der Waals surface area contributed by atoms with Gasteiger partial charge in [0.25, 0.3) is 11.8 Å². The van der Waals surface area contributed by atoms with Crippen LogP contribution in [0, 0.1) is 5.92 Å². The summed E-state index contributed by atoms with van der Waals surface area (Å²) < 4.78 is 28.1. The standard InChI is InChI=1S/C20H30FN3O8.C4H11N/c1-14(2)19(20(29)22-13-15(21)25)23-16(26)5-7-30-9-11-32-12-10-31-8-6-24-17(27)3-4-18(24)28;1-2-3-4-5/h3-4,14,19H,5-13H2,1-2H3,(H,22,29)(H,23,26);2-5H2,1H3. The molecule has 4 amide bonds. The van der Waals surface area contributed by atoms with E-state index in [9.17, 15) is 28.4 Å². The number of carbonyl (C=O) groups excluding carboxylic acids is 5. The monoisotopic (exact) mass is 532 g/mol. The average molecular weight is 533 g/mol. The zero-order valence-corrected chi connectivity index (χ0v) is 22.0. The van der Waals surface area contributed by atoms with Crippen molar-refractivity contribution in [2.75, 3.05) is 59.3 Å². The second kappa shape index (κ2) is 21.4. The van der Waals surface area contributed by atoms with E-state index in [0.717, 1.165) is 11.4 Å². The van der Waals surface area contributed by atoms with E-state index >= 15 is 0 Å². The summed E-state index contributed by atoms with van der Waals surface area (Å²) in [6, 6.07) is -2.55. The Kier molecular flexibility index (Phi) is 19.8. The number of unbranched alkanes of at least 4 members (excludes halogenated alkanes) is 1. The first-order chi connectivity index (χ1) is 17.6. The highest BCUT2D eigenvalue weighted by atomic mass is 19.1. The summed E-state index contributed by atoms with van der Waals surface area (Å²) in [6.45, 7) is 7.31. The molecule has 0 saturated heterocycles. The molecule has 0 saturated carbocycles. The Morgan fingerprint density at radius 3 is 1.97 bits per heavy atom. The normalized spacial score (nSPS) is 13.4. The van der Waals surface area contributed by atoms with Gasteiger partial charge >= 0.3 is 6.04 Å². The smallest absolute Gasteiger partial charge is 0.320 e. The third-order valence-electron chi connectivity index (χ3n) is 4.80. The largest absolute Gasteiger partial charge is 0.379 e. The van der Waals surface area contributed by atoms with Crippen LogP contribution in [0.1, 0.15) is 40.0 Å². The number of hydrogen-bond acceptors (Lipinski definition) is 9. The molecule has 1 aliphatic heterocycles. The third-order valence-corrected chi connectivity index (χ3v) is 4.80. The van der Waals surface area contributed by atoms with Crippen LogP contribution in [-0.2, 0) is 38.2 Å². The average Bonchev–Trinajstić information content (AvgIpc) is 3.17. The Bertz CT molecular complexity index is 728. The van der Waals surface area contributed by atoms with Crippen LogP contribution in [-0.4, -0.2) is 99.9 Å². The minimum atomic E-state index is -1.66. The molecule has 0 radical (unpaired) electrons. The molecule has 1 unspecified atom stereocenters. The molecule has 0 spiro atoms. The quantitative estimate of drug-likeness (QED) is 0.116. The maximum absolute atomic E-state index is 12.2. The second-order valence-corrected chi connectivity index (χ2v) is 8.25. The van der Waals surface area contributed by atoms with Crippen molar-refractivity contribution in [3.8, 4) is 0 Å². The Morgan fingerprint density at radius 2 is 1.51 bits per heavy atom. The molecule has 1 heterocycles. The summed E-state index contributed by atoms with van der Waals surface area (Å²) >= 11 is 0. The van der Waals surface area contributed by atoms with Gasteiger partial charge in [-0.05, 0) is 18.9 Å². The number of nitrogens with two attached hydrogens (primary N) is 1. The van der Waals surface area contributed by atoms with Crippen molar-refractivity contribution in [2.45, 2.75) is 46.1 Å². The van der Waals surface area contributed by atoms with E-state index in [1.807, 2.05) is 0 Å². The van der Waals surface area contributed by atoms with Crippen LogP contribution >= 0.6 is 0 Å². The molecule has 0 aromatic rings. The predicted molar refractivity (Wildman–Crippen MR) is 133 cm³/mol. The Balaban J connectivity index is 0.00000235. The van der Waals surface area contributed by atoms with E-state index in [1.165, 1.54) is 25.0 Å². The summed E-state index contributed by atoms with van der Waals surface area (Å²) in [6.07, 6.45) is 4.83. The van der Waals surface area contributed by atoms with Crippen LogP contribution in [0.2, 0.25) is 0 Å². The van der Waals surface area contributed by atoms with Crippen molar-refractivity contribution in [1.29, 1.82) is 0 Å². The number of rotatable bonds is 19. The van der Waals surface area contributed by atoms with Crippen molar-refractivity contribution in [2.24, 2.45) is 11.7 Å². The van der Waals surface area contributed by atoms with Crippen LogP contribution in [0.3, 0.4) is 0 Å². The van der Waals surface area contributed by atoms with Crippen LogP contribution < -0.4 is 16.4 Å². The minimum Gasteiger partial charge on any atom is -0.379 e. The molecule has 0 aromatic heterocycles. The van der Waals surface area contributed by atoms with Gasteiger partial charge in [0.1, 0.15) is 12.6 Å². The first-order valence-corrected chi connectivity index (χ1v) is 12.4. The summed E-state index contributed by atoms with van der Waals surface area (Å²) in [5.74, 6) is -2.00. The van der Waals surface area contributed by atoms with Gasteiger partial charge in [0.15, 0.2) is 0 Å². The molecule has 12 nitrogen and oxygen atoms in total. The number of amides is 4. The fourth-order valence-electron chi connectivity index (χ4n) is 2.77. The molecule has 1 aliphatic rings. The Labute approximate surface area is 217 Å². The summed E-state index contributed by atoms with van der Waals surface area (Å²) in [5.41, 5.74) is 5.14. The molecule has 212 valence electrons. The Morgan fingerprint density at radius 1 is 0.973 bits per heavy atom. The maximum Gasteiger partial charge on any atom is 0.320 e. The van der Waals surface area contributed by atoms with Crippen molar-refractivity contribution in [3.05, 3.63) is 12.2 Å². The first kappa shape index (κ1) is 34.3. The van der Waals surface area contributed by atoms with Crippen molar-refractivity contribution >= 4 is 29.7 Å². The molecule has 0 aromatic carbocycles. The zero-order valence-electron chi connectivity index (χ0n) is 22.0. The topological polar surface area (TPSA) is 166 Å². The van der Waals surface area contributed by atoms with Gasteiger partial charge in [0.2, 0.25) is 11.8 Å². The van der Waals surface area contributed by atoms with Crippen LogP contribution in [0.25, 0.3) is 0 Å². The summed E-state index contributed by atoms with van der Waals surface area (Å²) in [5, 5.41) is 4.66. The lowest BCUT2D eigenvalue weighted by atomic mass is 10.0. The molecular formula is C24H41FN4O8. The van der Waals surface area contributed by atoms with Gasteiger partial charge < -0.3 is 30.6 Å². The van der Waals surface area contributed by atoms with E-state index in [0.29, 0.717) is 13.2 Å². The number of hydrogen-bond donors (Lipinski definition) is 3. The fraction of sp³-hybridized carbons (Fsp3) is 0.708. The van der Waals surface area contributed by atoms with E-state index in [4.69, 9.17) is 19.9 Å². The molecule has 4 N–H and O–H groups in total. The second-order valence-electron chi connectivity index (χ2n) is 8.25. The molecule has 37 heavy (non-hydrogen) atoms. The molecule has 0 fully saturated rings. The van der Waals surface area contributed by atoms with E-state index in [-0.39, 0.29) is 57.1 Å². The lowest BCUT2D eigenvalue weighted by Gasteiger charge is -2.21. The summed E-state index contributed by atoms with van der Waals surface area (Å²) in [7, 11) is 0. The van der Waals surface area contributed by atoms with Crippen molar-refractivity contribution in [1.82, 2.24) is 15.5 Å². The number of carbonyl (C=O) groups is 5. The molecule has 13 heteroatoms. The number of halogens is 1. The lowest BCUT2D eigenvalue weighted by molar-refractivity contribution is -0.137. The van der Waals surface area contributed by atoms with Gasteiger partial charge in [-0.1, -0.05) is 27.2 Å². The van der Waals surface area contributed by atoms with Gasteiger partial charge in [0, 0.05) is 18.6 Å². The lowest BCUT2D eigenvalue weighted by Crippen LogP contribution is -2.50. The van der Waals surface area contributed by atoms with Crippen LogP contribution in [0.4, 0.5) is 4.39 Å². The van der Waals surface area contributed by atoms with Gasteiger partial charge in [-0.2, -0.15) is 4.39 Å². The van der Waals surface area contributed by atoms with Crippen LogP contribution in [0.15, 0.2) is 12.2 Å². The van der Waals surface area contributed by atoms with Crippen molar-refractivity contribution < 1.29 is 42.6 Å². The van der Waals surface area contributed by atoms with Gasteiger partial charge in [0.05, 0.1) is 46.2 Å². The number of ether oxygens (including phenoxy) is 3. The molecule has 0 aliphatic carbocycles. The van der Waals surface area contributed by atoms with E-state index in [1.54, 1.807) is 13.8 Å². The van der Waals surface area contributed by atoms with Gasteiger partial charge in [-0.25, -0.2) is 0 Å². The molecular weight excluding hydrogens is 491 g/mol. The third kappa shape index (κ3) is 17.4. The first-order valence-electron chi connectivity index (χ1n) is 12.4. The van der Waals surface area contributed by atoms with E-state index in [2.05, 4.69) is 17.6 Å². The van der Waals surface area contributed by atoms with Crippen LogP contribution in [0.5, 0.6) is 0 Å². The van der Waals surface area contributed by atoms with Gasteiger partial charge in [-0.3, -0.25) is 28.9 Å². The zero-order chi connectivity index (χ0) is 28.1. The van der Waals surface area contributed by atoms with Gasteiger partial charge in [-0.15, -0.1) is 0 Å². The highest BCUT2D eigenvalue weighted by molar-refractivity contribution is 6.12.